The number of amides is 1. The van der Waals surface area contributed by atoms with Gasteiger partial charge in [-0.15, -0.1) is 23.1 Å². The average Bonchev–Trinajstić information content (AvgIpc) is 3.77. The maximum atomic E-state index is 14.1. The molecular weight excluding hydrogens is 601 g/mol. The van der Waals surface area contributed by atoms with Crippen molar-refractivity contribution in [2.24, 2.45) is 0 Å². The number of rotatable bonds is 6. The van der Waals surface area contributed by atoms with Crippen LogP contribution in [0.15, 0.2) is 35.4 Å². The summed E-state index contributed by atoms with van der Waals surface area (Å²) in [5.74, 6) is 1.02. The van der Waals surface area contributed by atoms with Crippen molar-refractivity contribution in [2.45, 2.75) is 35.9 Å². The molecule has 3 fully saturated rings. The molecule has 3 aromatic rings. The van der Waals surface area contributed by atoms with Gasteiger partial charge in [0, 0.05) is 68.1 Å². The van der Waals surface area contributed by atoms with E-state index in [1.54, 1.807) is 11.0 Å². The fraction of sp³-hybridized carbons (Fsp3) is 0.483. The number of aromatic nitrogens is 2. The minimum atomic E-state index is -4.65. The number of nitrogens with zero attached hydrogens (tertiary/aromatic N) is 4. The molecule has 1 aromatic carbocycles. The van der Waals surface area contributed by atoms with Crippen LogP contribution in [0.5, 0.6) is 0 Å². The van der Waals surface area contributed by atoms with Crippen molar-refractivity contribution in [3.05, 3.63) is 46.5 Å². The number of fused-ring (bicyclic) bond motifs is 1. The maximum absolute atomic E-state index is 14.1. The molecule has 0 unspecified atom stereocenters. The number of hydrogen-bond acceptors (Lipinski definition) is 10. The Morgan fingerprint density at radius 1 is 1.12 bits per heavy atom. The van der Waals surface area contributed by atoms with Gasteiger partial charge in [0.05, 0.1) is 29.8 Å². The van der Waals surface area contributed by atoms with Gasteiger partial charge in [0.1, 0.15) is 10.4 Å². The number of thioether (sulfide) groups is 1. The van der Waals surface area contributed by atoms with Crippen LogP contribution in [-0.2, 0) is 10.9 Å². The molecule has 14 heteroatoms. The van der Waals surface area contributed by atoms with Crippen molar-refractivity contribution >= 4 is 46.3 Å². The van der Waals surface area contributed by atoms with Crippen molar-refractivity contribution in [1.82, 2.24) is 20.2 Å². The molecule has 2 aromatic heterocycles. The second-order valence-corrected chi connectivity index (χ2v) is 12.9. The molecule has 9 nitrogen and oxygen atoms in total. The van der Waals surface area contributed by atoms with E-state index in [9.17, 15) is 18.0 Å². The predicted octanol–water partition coefficient (Wildman–Crippen LogP) is 4.81. The Balaban J connectivity index is 0.00000161. The molecular formula is C29H33F3N6O3S2. The van der Waals surface area contributed by atoms with Crippen LogP contribution in [0.3, 0.4) is 0 Å². The first-order valence-electron chi connectivity index (χ1n) is 14.3. The Hall–Kier alpha value is -2.91. The summed E-state index contributed by atoms with van der Waals surface area (Å²) in [7, 11) is 1.00. The van der Waals surface area contributed by atoms with E-state index < -0.39 is 11.7 Å². The minimum absolute atomic E-state index is 0.0128. The van der Waals surface area contributed by atoms with Gasteiger partial charge in [-0.25, -0.2) is 9.97 Å². The first-order chi connectivity index (χ1) is 20.8. The maximum Gasteiger partial charge on any atom is 0.420 e. The number of alkyl halides is 3. The SMILES string of the molecule is CO.O=C1c2sc(-c3nc(Nc4ccc(N5CCNCC5)cc4C4CC4)ncc3C(F)(F)F)cc2SCCN1C1COC1. The van der Waals surface area contributed by atoms with E-state index in [1.807, 2.05) is 12.1 Å². The van der Waals surface area contributed by atoms with Crippen LogP contribution >= 0.6 is 23.1 Å². The lowest BCUT2D eigenvalue weighted by atomic mass is 10.1. The van der Waals surface area contributed by atoms with Crippen LogP contribution in [0.25, 0.3) is 10.6 Å². The average molecular weight is 635 g/mol. The third kappa shape index (κ3) is 6.34. The first-order valence-corrected chi connectivity index (χ1v) is 16.1. The molecule has 0 atom stereocenters. The number of aliphatic hydroxyl groups excluding tert-OH is 1. The van der Waals surface area contributed by atoms with E-state index in [2.05, 4.69) is 31.6 Å². The number of ether oxygens (including phenoxy) is 1. The lowest BCUT2D eigenvalue weighted by Crippen LogP contribution is -2.52. The van der Waals surface area contributed by atoms with Gasteiger partial charge in [-0.3, -0.25) is 4.79 Å². The second kappa shape index (κ2) is 12.6. The Morgan fingerprint density at radius 2 is 1.88 bits per heavy atom. The summed E-state index contributed by atoms with van der Waals surface area (Å²) in [6.07, 6.45) is -1.65. The summed E-state index contributed by atoms with van der Waals surface area (Å²) in [6, 6.07) is 7.89. The molecule has 3 aliphatic heterocycles. The largest absolute Gasteiger partial charge is 0.420 e. The molecule has 4 aliphatic rings. The number of halogens is 3. The number of hydrogen-bond donors (Lipinski definition) is 3. The highest BCUT2D eigenvalue weighted by Gasteiger charge is 2.38. The lowest BCUT2D eigenvalue weighted by Gasteiger charge is -2.36. The molecule has 43 heavy (non-hydrogen) atoms. The molecule has 5 heterocycles. The summed E-state index contributed by atoms with van der Waals surface area (Å²) < 4.78 is 47.7. The van der Waals surface area contributed by atoms with E-state index in [-0.39, 0.29) is 23.6 Å². The van der Waals surface area contributed by atoms with Gasteiger partial charge in [0.2, 0.25) is 5.95 Å². The molecule has 0 radical (unpaired) electrons. The fourth-order valence-electron chi connectivity index (χ4n) is 5.46. The number of thiophene rings is 1. The van der Waals surface area contributed by atoms with Gasteiger partial charge < -0.3 is 30.3 Å². The third-order valence-electron chi connectivity index (χ3n) is 7.91. The quantitative estimate of drug-likeness (QED) is 0.353. The van der Waals surface area contributed by atoms with Crippen LogP contribution in [0.2, 0.25) is 0 Å². The van der Waals surface area contributed by atoms with Gasteiger partial charge in [-0.05, 0) is 48.6 Å². The standard InChI is InChI=1S/C28H29F3N6O2S2.CH4O/c29-28(30,31)20-13-33-27(34-21-4-3-17(11-19(21)16-1-2-16)36-7-5-32-6-8-36)35-24(20)22-12-23-25(41-22)26(38)37(9-10-40-23)18-14-39-15-18;1-2/h3-4,11-13,16,18,32H,1-2,5-10,14-15H2,(H,33,34,35);2H,1H3. The van der Waals surface area contributed by atoms with Crippen LogP contribution in [-0.4, -0.2) is 90.7 Å². The van der Waals surface area contributed by atoms with Crippen LogP contribution in [0.4, 0.5) is 30.5 Å². The molecule has 1 amide bonds. The van der Waals surface area contributed by atoms with E-state index in [0.717, 1.165) is 80.6 Å². The number of piperazine rings is 1. The highest BCUT2D eigenvalue weighted by Crippen LogP contribution is 2.46. The number of benzene rings is 1. The molecule has 3 N–H and O–H groups in total. The van der Waals surface area contributed by atoms with Gasteiger partial charge in [0.15, 0.2) is 0 Å². The summed E-state index contributed by atoms with van der Waals surface area (Å²) in [5.41, 5.74) is 1.96. The number of carbonyl (C=O) groups is 1. The lowest BCUT2D eigenvalue weighted by molar-refractivity contribution is -0.137. The summed E-state index contributed by atoms with van der Waals surface area (Å²) in [6.45, 7) is 5.29. The van der Waals surface area contributed by atoms with E-state index in [1.165, 1.54) is 11.8 Å². The summed E-state index contributed by atoms with van der Waals surface area (Å²) in [5, 5.41) is 13.6. The minimum Gasteiger partial charge on any atom is -0.400 e. The van der Waals surface area contributed by atoms with Gasteiger partial charge in [-0.1, -0.05) is 0 Å². The van der Waals surface area contributed by atoms with Crippen molar-refractivity contribution in [2.75, 3.05) is 69.0 Å². The van der Waals surface area contributed by atoms with Crippen LogP contribution < -0.4 is 15.5 Å². The van der Waals surface area contributed by atoms with Gasteiger partial charge in [-0.2, -0.15) is 13.2 Å². The fourth-order valence-corrected chi connectivity index (χ4v) is 7.78. The van der Waals surface area contributed by atoms with Crippen molar-refractivity contribution in [1.29, 1.82) is 0 Å². The molecule has 230 valence electrons. The zero-order valence-corrected chi connectivity index (χ0v) is 25.2. The zero-order chi connectivity index (χ0) is 30.1. The number of aliphatic hydroxyl groups is 1. The smallest absolute Gasteiger partial charge is 0.400 e. The normalized spacial score (nSPS) is 19.2. The molecule has 2 saturated heterocycles. The number of nitrogens with one attached hydrogen (secondary N) is 2. The zero-order valence-electron chi connectivity index (χ0n) is 23.6. The molecule has 1 aliphatic carbocycles. The van der Waals surface area contributed by atoms with Crippen molar-refractivity contribution in [3.63, 3.8) is 0 Å². The van der Waals surface area contributed by atoms with Crippen molar-refractivity contribution < 1.29 is 27.8 Å². The van der Waals surface area contributed by atoms with Crippen molar-refractivity contribution in [3.8, 4) is 10.6 Å². The number of anilines is 3. The molecule has 7 rings (SSSR count). The Morgan fingerprint density at radius 3 is 2.56 bits per heavy atom. The van der Waals surface area contributed by atoms with E-state index in [0.29, 0.717) is 46.1 Å². The second-order valence-electron chi connectivity index (χ2n) is 10.7. The van der Waals surface area contributed by atoms with Gasteiger partial charge >= 0.3 is 6.18 Å². The monoisotopic (exact) mass is 634 g/mol. The highest BCUT2D eigenvalue weighted by molar-refractivity contribution is 7.99. The highest BCUT2D eigenvalue weighted by atomic mass is 32.2. The van der Waals surface area contributed by atoms with Crippen LogP contribution in [0, 0.1) is 0 Å². The van der Waals surface area contributed by atoms with E-state index >= 15 is 0 Å². The summed E-state index contributed by atoms with van der Waals surface area (Å²) >= 11 is 2.55. The predicted molar refractivity (Wildman–Crippen MR) is 162 cm³/mol. The first kappa shape index (κ1) is 30.1. The summed E-state index contributed by atoms with van der Waals surface area (Å²) in [4.78, 5) is 27.4. The van der Waals surface area contributed by atoms with E-state index in [4.69, 9.17) is 9.84 Å². The Labute approximate surface area is 255 Å². The topological polar surface area (TPSA) is 103 Å². The van der Waals surface area contributed by atoms with Crippen LogP contribution in [0.1, 0.15) is 39.6 Å². The number of carbonyl (C=O) groups excluding carboxylic acids is 1. The molecule has 0 bridgehead atoms. The Bertz CT molecular complexity index is 1470. The third-order valence-corrected chi connectivity index (χ3v) is 10.2. The Kier molecular flexibility index (Phi) is 8.83. The molecule has 1 saturated carbocycles. The molecule has 0 spiro atoms. The van der Waals surface area contributed by atoms with Gasteiger partial charge in [0.25, 0.3) is 5.91 Å².